The maximum absolute atomic E-state index is 12.8. The first-order valence-electron chi connectivity index (χ1n) is 10.7. The van der Waals surface area contributed by atoms with Gasteiger partial charge in [-0.25, -0.2) is 13.2 Å². The van der Waals surface area contributed by atoms with Crippen LogP contribution >= 0.6 is 11.6 Å². The van der Waals surface area contributed by atoms with Gasteiger partial charge in [-0.2, -0.15) is 4.31 Å². The number of rotatable bonds is 11. The summed E-state index contributed by atoms with van der Waals surface area (Å²) in [5.41, 5.74) is 2.12. The van der Waals surface area contributed by atoms with Gasteiger partial charge >= 0.3 is 5.97 Å². The Morgan fingerprint density at radius 2 is 1.79 bits per heavy atom. The number of hydrogen-bond acceptors (Lipinski definition) is 6. The molecule has 1 unspecified atom stereocenters. The van der Waals surface area contributed by atoms with Crippen molar-refractivity contribution in [2.45, 2.75) is 45.6 Å². The van der Waals surface area contributed by atoms with Crippen LogP contribution in [0.15, 0.2) is 29.2 Å². The van der Waals surface area contributed by atoms with Gasteiger partial charge in [0.05, 0.1) is 23.2 Å². The third-order valence-electron chi connectivity index (χ3n) is 5.46. The molecule has 33 heavy (non-hydrogen) atoms. The average Bonchev–Trinajstić information content (AvgIpc) is 3.06. The molecule has 10 heteroatoms. The fourth-order valence-corrected chi connectivity index (χ4v) is 5.83. The summed E-state index contributed by atoms with van der Waals surface area (Å²) in [6.07, 6.45) is 0. The number of nitrogens with zero attached hydrogens (tertiary/aromatic N) is 2. The van der Waals surface area contributed by atoms with E-state index in [1.807, 2.05) is 25.3 Å². The van der Waals surface area contributed by atoms with E-state index in [0.29, 0.717) is 12.2 Å². The summed E-state index contributed by atoms with van der Waals surface area (Å²) in [6, 6.07) is 5.69. The molecule has 1 heterocycles. The van der Waals surface area contributed by atoms with Gasteiger partial charge in [-0.3, -0.25) is 4.79 Å². The summed E-state index contributed by atoms with van der Waals surface area (Å²) in [4.78, 5) is 25.2. The highest BCUT2D eigenvalue weighted by atomic mass is 35.5. The number of halogens is 1. The van der Waals surface area contributed by atoms with E-state index in [0.717, 1.165) is 11.4 Å². The molecular weight excluding hydrogens is 468 g/mol. The van der Waals surface area contributed by atoms with Crippen LogP contribution in [0.4, 0.5) is 0 Å². The molecule has 0 saturated heterocycles. The monoisotopic (exact) mass is 498 g/mol. The van der Waals surface area contributed by atoms with Crippen LogP contribution in [0.2, 0.25) is 5.02 Å². The smallest absolute Gasteiger partial charge is 0.338 e. The lowest BCUT2D eigenvalue weighted by molar-refractivity contribution is 0.0474. The van der Waals surface area contributed by atoms with E-state index in [1.54, 1.807) is 27.0 Å². The Labute approximate surface area is 200 Å². The number of esters is 1. The number of methoxy groups -OCH3 is 1. The van der Waals surface area contributed by atoms with Crippen LogP contribution in [0.1, 0.15) is 58.9 Å². The molecule has 0 aliphatic carbocycles. The molecule has 0 fully saturated rings. The van der Waals surface area contributed by atoms with Crippen molar-refractivity contribution in [3.05, 3.63) is 51.8 Å². The number of aryl methyl sites for hydroxylation is 1. The molecule has 2 rings (SSSR count). The number of sulfonamides is 1. The standard InChI is InChI=1S/C23H31ClN2O6S/c1-7-25(8-2)33(29,30)22-12-18(9-10-20(22)24)23(28)32-14-21(27)19-11-15(3)26(17(19)5)16(4)13-31-6/h9-12,16H,7-8,13-14H2,1-6H3. The Hall–Kier alpha value is -2.20. The first-order valence-corrected chi connectivity index (χ1v) is 12.5. The van der Waals surface area contributed by atoms with Crippen LogP contribution in [0.3, 0.4) is 0 Å². The second kappa shape index (κ2) is 11.3. The van der Waals surface area contributed by atoms with Gasteiger partial charge in [0.1, 0.15) is 4.90 Å². The van der Waals surface area contributed by atoms with Crippen LogP contribution in [0.5, 0.6) is 0 Å². The molecule has 1 aromatic carbocycles. The third kappa shape index (κ3) is 5.84. The van der Waals surface area contributed by atoms with E-state index >= 15 is 0 Å². The Kier molecular flexibility index (Phi) is 9.25. The predicted molar refractivity (Wildman–Crippen MR) is 127 cm³/mol. The Morgan fingerprint density at radius 3 is 2.36 bits per heavy atom. The minimum absolute atomic E-state index is 0.00267. The summed E-state index contributed by atoms with van der Waals surface area (Å²) in [7, 11) is -2.25. The van der Waals surface area contributed by atoms with Crippen molar-refractivity contribution in [1.29, 1.82) is 0 Å². The van der Waals surface area contributed by atoms with Crippen molar-refractivity contribution < 1.29 is 27.5 Å². The molecular formula is C23H31ClN2O6S. The van der Waals surface area contributed by atoms with E-state index < -0.39 is 22.6 Å². The molecule has 0 aliphatic heterocycles. The van der Waals surface area contributed by atoms with Gasteiger partial charge in [0, 0.05) is 37.2 Å². The van der Waals surface area contributed by atoms with Crippen molar-refractivity contribution in [3.63, 3.8) is 0 Å². The summed E-state index contributed by atoms with van der Waals surface area (Å²) in [5, 5.41) is 0.00662. The highest BCUT2D eigenvalue weighted by molar-refractivity contribution is 7.89. The number of Topliss-reactive ketones (excluding diaryl/α,β-unsaturated/α-hetero) is 1. The molecule has 0 bridgehead atoms. The van der Waals surface area contributed by atoms with Crippen molar-refractivity contribution in [3.8, 4) is 0 Å². The molecule has 0 aliphatic rings. The third-order valence-corrected chi connectivity index (χ3v) is 7.99. The van der Waals surface area contributed by atoms with Crippen LogP contribution in [0.25, 0.3) is 0 Å². The van der Waals surface area contributed by atoms with Gasteiger partial charge < -0.3 is 14.0 Å². The first-order chi connectivity index (χ1) is 15.5. The number of carbonyl (C=O) groups excluding carboxylic acids is 2. The molecule has 0 spiro atoms. The van der Waals surface area contributed by atoms with E-state index in [2.05, 4.69) is 0 Å². The zero-order valence-corrected chi connectivity index (χ0v) is 21.4. The SMILES string of the molecule is CCN(CC)S(=O)(=O)c1cc(C(=O)OCC(=O)c2cc(C)n(C(C)COC)c2C)ccc1Cl. The largest absolute Gasteiger partial charge is 0.454 e. The zero-order chi connectivity index (χ0) is 24.9. The minimum Gasteiger partial charge on any atom is -0.454 e. The normalized spacial score (nSPS) is 12.7. The van der Waals surface area contributed by atoms with E-state index in [-0.39, 0.29) is 40.4 Å². The number of aromatic nitrogens is 1. The number of benzene rings is 1. The van der Waals surface area contributed by atoms with Gasteiger partial charge in [0.15, 0.2) is 6.61 Å². The molecule has 8 nitrogen and oxygen atoms in total. The van der Waals surface area contributed by atoms with Gasteiger partial charge in [0.25, 0.3) is 0 Å². The highest BCUT2D eigenvalue weighted by Gasteiger charge is 2.26. The topological polar surface area (TPSA) is 94.9 Å². The summed E-state index contributed by atoms with van der Waals surface area (Å²) >= 11 is 6.11. The Balaban J connectivity index is 2.21. The second-order valence-electron chi connectivity index (χ2n) is 7.69. The lowest BCUT2D eigenvalue weighted by atomic mass is 10.1. The van der Waals surface area contributed by atoms with Crippen molar-refractivity contribution in [2.75, 3.05) is 33.4 Å². The van der Waals surface area contributed by atoms with Gasteiger partial charge in [0.2, 0.25) is 15.8 Å². The zero-order valence-electron chi connectivity index (χ0n) is 19.8. The number of carbonyl (C=O) groups is 2. The van der Waals surface area contributed by atoms with Crippen LogP contribution in [-0.2, 0) is 19.5 Å². The van der Waals surface area contributed by atoms with Crippen LogP contribution < -0.4 is 0 Å². The quantitative estimate of drug-likeness (QED) is 0.343. The molecule has 0 amide bonds. The van der Waals surface area contributed by atoms with E-state index in [9.17, 15) is 18.0 Å². The van der Waals surface area contributed by atoms with Crippen molar-refractivity contribution in [1.82, 2.24) is 8.87 Å². The summed E-state index contributed by atoms with van der Waals surface area (Å²) in [5.74, 6) is -1.16. The summed E-state index contributed by atoms with van der Waals surface area (Å²) in [6.45, 7) is 9.70. The van der Waals surface area contributed by atoms with E-state index in [4.69, 9.17) is 21.1 Å². The Morgan fingerprint density at radius 1 is 1.15 bits per heavy atom. The molecule has 182 valence electrons. The molecule has 1 aromatic heterocycles. The van der Waals surface area contributed by atoms with Crippen molar-refractivity contribution in [2.24, 2.45) is 0 Å². The number of ketones is 1. The van der Waals surface area contributed by atoms with Gasteiger partial charge in [-0.1, -0.05) is 25.4 Å². The molecule has 0 saturated carbocycles. The molecule has 0 radical (unpaired) electrons. The maximum atomic E-state index is 12.8. The fourth-order valence-electron chi connectivity index (χ4n) is 3.88. The van der Waals surface area contributed by atoms with Crippen molar-refractivity contribution >= 4 is 33.4 Å². The highest BCUT2D eigenvalue weighted by Crippen LogP contribution is 2.26. The molecule has 1 atom stereocenters. The Bertz CT molecular complexity index is 1120. The van der Waals surface area contributed by atoms with E-state index in [1.165, 1.54) is 22.5 Å². The first kappa shape index (κ1) is 27.0. The number of ether oxygens (including phenoxy) is 2. The van der Waals surface area contributed by atoms with Crippen LogP contribution in [0, 0.1) is 13.8 Å². The molecule has 0 N–H and O–H groups in total. The minimum atomic E-state index is -3.87. The maximum Gasteiger partial charge on any atom is 0.338 e. The number of hydrogen-bond donors (Lipinski definition) is 0. The lowest BCUT2D eigenvalue weighted by Crippen LogP contribution is -2.31. The predicted octanol–water partition coefficient (Wildman–Crippen LogP) is 4.04. The van der Waals surface area contributed by atoms with Crippen LogP contribution in [-0.4, -0.2) is 62.5 Å². The average molecular weight is 499 g/mol. The fraction of sp³-hybridized carbons (Fsp3) is 0.478. The van der Waals surface area contributed by atoms with Gasteiger partial charge in [-0.05, 0) is 45.0 Å². The second-order valence-corrected chi connectivity index (χ2v) is 10.0. The summed E-state index contributed by atoms with van der Waals surface area (Å²) < 4.78 is 39.3. The van der Waals surface area contributed by atoms with Gasteiger partial charge in [-0.15, -0.1) is 0 Å². The lowest BCUT2D eigenvalue weighted by Gasteiger charge is -2.19. The molecule has 2 aromatic rings.